The van der Waals surface area contributed by atoms with Crippen LogP contribution in [0.25, 0.3) is 0 Å². The second-order valence-electron chi connectivity index (χ2n) is 11.0. The molecule has 0 aliphatic carbocycles. The predicted octanol–water partition coefficient (Wildman–Crippen LogP) is 3.94. The third kappa shape index (κ3) is 6.05. The molecule has 5 rings (SSSR count). The van der Waals surface area contributed by atoms with Crippen molar-refractivity contribution in [1.82, 2.24) is 9.88 Å². The van der Waals surface area contributed by atoms with Crippen molar-refractivity contribution >= 4 is 32.8 Å². The molecule has 42 heavy (non-hydrogen) atoms. The van der Waals surface area contributed by atoms with Crippen LogP contribution < -0.4 is 21.0 Å². The zero-order chi connectivity index (χ0) is 29.9. The number of pyridine rings is 1. The van der Waals surface area contributed by atoms with Gasteiger partial charge in [-0.3, -0.25) is 4.79 Å². The smallest absolute Gasteiger partial charge is 0.272 e. The van der Waals surface area contributed by atoms with E-state index in [2.05, 4.69) is 25.7 Å². The fourth-order valence-corrected chi connectivity index (χ4v) is 6.84. The molecule has 220 valence electrons. The Morgan fingerprint density at radius 1 is 0.976 bits per heavy atom. The lowest BCUT2D eigenvalue weighted by Gasteiger charge is -2.37. The van der Waals surface area contributed by atoms with Crippen LogP contribution in [0.4, 0.5) is 17.2 Å². The van der Waals surface area contributed by atoms with E-state index in [1.165, 1.54) is 0 Å². The lowest BCUT2D eigenvalue weighted by molar-refractivity contribution is 0.0740. The summed E-state index contributed by atoms with van der Waals surface area (Å²) in [5.41, 5.74) is 4.85. The molecule has 0 bridgehead atoms. The second kappa shape index (κ2) is 12.4. The van der Waals surface area contributed by atoms with Crippen LogP contribution in [0.5, 0.6) is 0 Å². The van der Waals surface area contributed by atoms with Gasteiger partial charge in [0.1, 0.15) is 17.6 Å². The molecule has 2 fully saturated rings. The van der Waals surface area contributed by atoms with Gasteiger partial charge >= 0.3 is 0 Å². The third-order valence-electron chi connectivity index (χ3n) is 8.19. The Morgan fingerprint density at radius 3 is 2.26 bits per heavy atom. The summed E-state index contributed by atoms with van der Waals surface area (Å²) in [4.78, 5) is 25.4. The van der Waals surface area contributed by atoms with E-state index in [9.17, 15) is 14.3 Å². The summed E-state index contributed by atoms with van der Waals surface area (Å²) in [5, 5.41) is 13.1. The van der Waals surface area contributed by atoms with E-state index in [1.807, 2.05) is 67.3 Å². The average molecular weight is 587 g/mol. The van der Waals surface area contributed by atoms with Crippen LogP contribution >= 0.6 is 0 Å². The lowest BCUT2D eigenvalue weighted by atomic mass is 10.0. The molecule has 2 aromatic carbocycles. The van der Waals surface area contributed by atoms with Gasteiger partial charge in [0, 0.05) is 51.6 Å². The molecule has 1 atom stereocenters. The zero-order valence-electron chi connectivity index (χ0n) is 24.4. The molecule has 0 saturated carbocycles. The number of aryl methyl sites for hydroxylation is 2. The van der Waals surface area contributed by atoms with Crippen molar-refractivity contribution in [3.8, 4) is 6.07 Å². The molecule has 3 N–H and O–H groups in total. The van der Waals surface area contributed by atoms with Crippen LogP contribution in [0, 0.1) is 25.2 Å². The molecule has 3 aromatic rings. The first-order valence-corrected chi connectivity index (χ1v) is 16.2. The summed E-state index contributed by atoms with van der Waals surface area (Å²) in [6.45, 7) is 7.89. The summed E-state index contributed by atoms with van der Waals surface area (Å²) in [5.74, 6) is 6.12. The van der Waals surface area contributed by atoms with Crippen molar-refractivity contribution in [1.29, 1.82) is 5.26 Å². The monoisotopic (exact) mass is 586 g/mol. The van der Waals surface area contributed by atoms with Gasteiger partial charge < -0.3 is 20.0 Å². The Hall–Kier alpha value is -4.14. The van der Waals surface area contributed by atoms with E-state index in [1.54, 1.807) is 12.3 Å². The van der Waals surface area contributed by atoms with E-state index in [0.29, 0.717) is 42.3 Å². The number of rotatable bonds is 6. The first-order chi connectivity index (χ1) is 20.2. The molecule has 2 saturated heterocycles. The molecular weight excluding hydrogens is 548 g/mol. The predicted molar refractivity (Wildman–Crippen MR) is 167 cm³/mol. The summed E-state index contributed by atoms with van der Waals surface area (Å²) in [6.07, 6.45) is 3.35. The number of piperazine rings is 1. The SMILES string of the molecule is Cc1cc(C)c(C(=O)N2CCN(c3ccccc3S(C)(=O)=NN)CC2)nc1NC1CCN(c2ccccc2C#N)CC1. The Bertz CT molecular complexity index is 1630. The number of amides is 1. The number of hydrogen-bond acceptors (Lipinski definition) is 8. The number of nitrogens with one attached hydrogen (secondary N) is 1. The minimum Gasteiger partial charge on any atom is -0.370 e. The first kappa shape index (κ1) is 29.4. The number of carbonyl (C=O) groups excluding carboxylic acids is 1. The van der Waals surface area contributed by atoms with Crippen LogP contribution in [0.3, 0.4) is 0 Å². The quantitative estimate of drug-likeness (QED) is 0.328. The minimum absolute atomic E-state index is 0.0809. The van der Waals surface area contributed by atoms with Crippen LogP contribution in [0.1, 0.15) is 40.0 Å². The number of hydrogen-bond donors (Lipinski definition) is 2. The number of carbonyl (C=O) groups is 1. The van der Waals surface area contributed by atoms with E-state index in [4.69, 9.17) is 10.8 Å². The Kier molecular flexibility index (Phi) is 8.66. The summed E-state index contributed by atoms with van der Waals surface area (Å²) in [6, 6.07) is 19.8. The first-order valence-electron chi connectivity index (χ1n) is 14.3. The molecule has 11 heteroatoms. The van der Waals surface area contributed by atoms with Gasteiger partial charge in [0.15, 0.2) is 0 Å². The molecule has 1 unspecified atom stereocenters. The number of anilines is 3. The Morgan fingerprint density at radius 2 is 1.60 bits per heavy atom. The van der Waals surface area contributed by atoms with Gasteiger partial charge in [-0.05, 0) is 62.1 Å². The van der Waals surface area contributed by atoms with Gasteiger partial charge in [-0.2, -0.15) is 5.26 Å². The maximum absolute atomic E-state index is 13.7. The van der Waals surface area contributed by atoms with Crippen LogP contribution in [-0.4, -0.2) is 71.6 Å². The highest BCUT2D eigenvalue weighted by Gasteiger charge is 2.28. The highest BCUT2D eigenvalue weighted by atomic mass is 32.2. The van der Waals surface area contributed by atoms with Crippen molar-refractivity contribution in [3.63, 3.8) is 0 Å². The van der Waals surface area contributed by atoms with Crippen LogP contribution in [0.2, 0.25) is 0 Å². The average Bonchev–Trinajstić information content (AvgIpc) is 3.02. The molecule has 1 amide bonds. The third-order valence-corrected chi connectivity index (χ3v) is 9.75. The van der Waals surface area contributed by atoms with E-state index in [0.717, 1.165) is 54.3 Å². The molecule has 10 nitrogen and oxygen atoms in total. The van der Waals surface area contributed by atoms with Crippen molar-refractivity contribution in [2.45, 2.75) is 37.6 Å². The molecule has 2 aliphatic heterocycles. The van der Waals surface area contributed by atoms with Gasteiger partial charge in [0.05, 0.1) is 31.6 Å². The van der Waals surface area contributed by atoms with Gasteiger partial charge in [0.2, 0.25) is 0 Å². The molecule has 1 aromatic heterocycles. The number of aromatic nitrogens is 1. The van der Waals surface area contributed by atoms with Gasteiger partial charge in [-0.1, -0.05) is 30.3 Å². The standard InChI is InChI=1S/C31H38N8O2S/c1-22-20-23(2)30(34-25-12-14-37(15-13-25)26-9-5-4-8-24(26)21-32)35-29(22)31(40)39-18-16-38(17-19-39)27-10-6-7-11-28(27)42(3,41)36-33/h4-11,20,25H,12-19,33H2,1-3H3,(H,34,35). The normalized spacial score (nSPS) is 17.4. The number of benzene rings is 2. The zero-order valence-corrected chi connectivity index (χ0v) is 25.2. The van der Waals surface area contributed by atoms with Crippen molar-refractivity contribution < 1.29 is 9.00 Å². The minimum atomic E-state index is -2.70. The molecule has 2 aliphatic rings. The van der Waals surface area contributed by atoms with Gasteiger partial charge in [-0.15, -0.1) is 4.47 Å². The number of nitriles is 1. The molecule has 0 radical (unpaired) electrons. The summed E-state index contributed by atoms with van der Waals surface area (Å²) >= 11 is 0. The van der Waals surface area contributed by atoms with E-state index >= 15 is 0 Å². The number of piperidine rings is 1. The topological polar surface area (TPSA) is 131 Å². The largest absolute Gasteiger partial charge is 0.370 e. The Balaban J connectivity index is 1.24. The highest BCUT2D eigenvalue weighted by Crippen LogP contribution is 2.29. The fourth-order valence-electron chi connectivity index (χ4n) is 5.81. The van der Waals surface area contributed by atoms with Gasteiger partial charge in [0.25, 0.3) is 5.91 Å². The van der Waals surface area contributed by atoms with E-state index < -0.39 is 9.73 Å². The van der Waals surface area contributed by atoms with Crippen molar-refractivity contribution in [3.05, 3.63) is 77.0 Å². The maximum Gasteiger partial charge on any atom is 0.272 e. The highest BCUT2D eigenvalue weighted by molar-refractivity contribution is 7.93. The number of para-hydroxylation sites is 2. The van der Waals surface area contributed by atoms with E-state index in [-0.39, 0.29) is 11.9 Å². The maximum atomic E-state index is 13.7. The number of nitrogens with two attached hydrogens (primary N) is 1. The second-order valence-corrected chi connectivity index (χ2v) is 13.3. The Labute approximate surface area is 248 Å². The molecule has 0 spiro atoms. The lowest BCUT2D eigenvalue weighted by Crippen LogP contribution is -2.49. The van der Waals surface area contributed by atoms with Crippen LogP contribution in [-0.2, 0) is 9.73 Å². The van der Waals surface area contributed by atoms with Crippen molar-refractivity contribution in [2.75, 3.05) is 60.6 Å². The number of nitrogens with zero attached hydrogens (tertiary/aromatic N) is 6. The van der Waals surface area contributed by atoms with Crippen LogP contribution in [0.15, 0.2) is 64.0 Å². The van der Waals surface area contributed by atoms with Gasteiger partial charge in [-0.25, -0.2) is 15.0 Å². The summed E-state index contributed by atoms with van der Waals surface area (Å²) in [7, 11) is -2.70. The fraction of sp³-hybridized carbons (Fsp3) is 0.387. The molecule has 3 heterocycles. The van der Waals surface area contributed by atoms with Crippen molar-refractivity contribution in [2.24, 2.45) is 10.3 Å². The summed E-state index contributed by atoms with van der Waals surface area (Å²) < 4.78 is 16.5. The molecular formula is C31H38N8O2S.